The van der Waals surface area contributed by atoms with Gasteiger partial charge in [0.1, 0.15) is 11.4 Å². The van der Waals surface area contributed by atoms with Gasteiger partial charge in [0.2, 0.25) is 0 Å². The minimum Gasteiger partial charge on any atom is -0.384 e. The highest BCUT2D eigenvalue weighted by Crippen LogP contribution is 2.36. The number of pyridine rings is 1. The van der Waals surface area contributed by atoms with Gasteiger partial charge in [0, 0.05) is 19.3 Å². The molecule has 1 atom stereocenters. The third-order valence-corrected chi connectivity index (χ3v) is 4.47. The smallest absolute Gasteiger partial charge is 0.384 e. The molecule has 1 aromatic heterocycles. The number of ether oxygens (including phenoxy) is 1. The van der Waals surface area contributed by atoms with Gasteiger partial charge in [-0.3, -0.25) is 0 Å². The van der Waals surface area contributed by atoms with Crippen LogP contribution in [0.15, 0.2) is 18.3 Å². The van der Waals surface area contributed by atoms with Gasteiger partial charge in [0.05, 0.1) is 25.3 Å². The lowest BCUT2D eigenvalue weighted by Gasteiger charge is -2.35. The van der Waals surface area contributed by atoms with Crippen LogP contribution in [0.25, 0.3) is 0 Å². The number of alkyl halides is 3. The number of aliphatic hydroxyl groups is 1. The fraction of sp³-hybridized carbons (Fsp3) is 0.688. The number of halogens is 3. The van der Waals surface area contributed by atoms with Gasteiger partial charge in [-0.15, -0.1) is 0 Å². The maximum Gasteiger partial charge on any atom is 0.419 e. The summed E-state index contributed by atoms with van der Waals surface area (Å²) in [4.78, 5) is 7.56. The van der Waals surface area contributed by atoms with Crippen LogP contribution in [0.1, 0.15) is 18.4 Å². The Morgan fingerprint density at radius 3 is 2.71 bits per heavy atom. The molecule has 0 amide bonds. The van der Waals surface area contributed by atoms with Crippen LogP contribution >= 0.6 is 0 Å². The van der Waals surface area contributed by atoms with Gasteiger partial charge < -0.3 is 19.6 Å². The Morgan fingerprint density at radius 1 is 1.25 bits per heavy atom. The highest BCUT2D eigenvalue weighted by Gasteiger charge is 2.40. The largest absolute Gasteiger partial charge is 0.419 e. The van der Waals surface area contributed by atoms with Crippen LogP contribution in [0.4, 0.5) is 19.0 Å². The zero-order valence-corrected chi connectivity index (χ0v) is 13.4. The van der Waals surface area contributed by atoms with E-state index < -0.39 is 17.3 Å². The van der Waals surface area contributed by atoms with Gasteiger partial charge in [0.25, 0.3) is 0 Å². The van der Waals surface area contributed by atoms with E-state index in [1.807, 2.05) is 0 Å². The van der Waals surface area contributed by atoms with Crippen molar-refractivity contribution in [2.45, 2.75) is 24.6 Å². The summed E-state index contributed by atoms with van der Waals surface area (Å²) in [6.45, 7) is 2.92. The van der Waals surface area contributed by atoms with E-state index in [4.69, 9.17) is 4.74 Å². The number of rotatable bonds is 3. The lowest BCUT2D eigenvalue weighted by atomic mass is 10.0. The van der Waals surface area contributed by atoms with Gasteiger partial charge in [-0.2, -0.15) is 13.2 Å². The zero-order chi connectivity index (χ0) is 17.2. The SMILES string of the molecule is O[C@@]1(CN2CCCC2)COCCN(c2ncccc2C(F)(F)F)C1. The Hall–Kier alpha value is -1.38. The molecular formula is C16H22F3N3O2. The van der Waals surface area contributed by atoms with E-state index in [9.17, 15) is 18.3 Å². The molecule has 0 spiro atoms. The molecule has 3 rings (SSSR count). The first-order chi connectivity index (χ1) is 11.4. The minimum atomic E-state index is -4.48. The molecular weight excluding hydrogens is 323 g/mol. The van der Waals surface area contributed by atoms with Crippen LogP contribution in [0.5, 0.6) is 0 Å². The maximum atomic E-state index is 13.3. The molecule has 5 nitrogen and oxygen atoms in total. The lowest BCUT2D eigenvalue weighted by molar-refractivity contribution is -0.137. The van der Waals surface area contributed by atoms with Crippen molar-refractivity contribution < 1.29 is 23.0 Å². The predicted molar refractivity (Wildman–Crippen MR) is 82.9 cm³/mol. The number of β-amino-alcohol motifs (C(OH)–C–C–N with tert-alkyl or cyclic N) is 1. The van der Waals surface area contributed by atoms with Crippen LogP contribution in [-0.4, -0.2) is 66.5 Å². The molecule has 2 aliphatic rings. The molecule has 2 saturated heterocycles. The molecule has 0 saturated carbocycles. The molecule has 0 aliphatic carbocycles. The van der Waals surface area contributed by atoms with E-state index in [0.717, 1.165) is 32.0 Å². The quantitative estimate of drug-likeness (QED) is 0.905. The first-order valence-electron chi connectivity index (χ1n) is 8.17. The Morgan fingerprint density at radius 2 is 2.00 bits per heavy atom. The number of hydrogen-bond donors (Lipinski definition) is 1. The molecule has 0 bridgehead atoms. The number of hydrogen-bond acceptors (Lipinski definition) is 5. The summed E-state index contributed by atoms with van der Waals surface area (Å²) < 4.78 is 45.2. The third kappa shape index (κ3) is 3.99. The molecule has 24 heavy (non-hydrogen) atoms. The first kappa shape index (κ1) is 17.4. The molecule has 8 heteroatoms. The Bertz CT molecular complexity index is 564. The molecule has 3 heterocycles. The monoisotopic (exact) mass is 345 g/mol. The van der Waals surface area contributed by atoms with E-state index in [-0.39, 0.29) is 32.1 Å². The number of nitrogens with zero attached hydrogens (tertiary/aromatic N) is 3. The van der Waals surface area contributed by atoms with E-state index >= 15 is 0 Å². The van der Waals surface area contributed by atoms with Crippen LogP contribution in [0.3, 0.4) is 0 Å². The average Bonchev–Trinajstić information content (AvgIpc) is 2.94. The zero-order valence-electron chi connectivity index (χ0n) is 13.4. The Balaban J connectivity index is 1.82. The standard InChI is InChI=1S/C16H22F3N3O2/c17-16(18,19)13-4-3-5-20-14(13)22-8-9-24-12-15(23,11-22)10-21-6-1-2-7-21/h3-5,23H,1-2,6-12H2/t15-/m1/s1. The van der Waals surface area contributed by atoms with E-state index in [1.165, 1.54) is 17.2 Å². The van der Waals surface area contributed by atoms with Crippen molar-refractivity contribution >= 4 is 5.82 Å². The molecule has 1 N–H and O–H groups in total. The molecule has 134 valence electrons. The van der Waals surface area contributed by atoms with Crippen LogP contribution < -0.4 is 4.90 Å². The number of anilines is 1. The van der Waals surface area contributed by atoms with Gasteiger partial charge in [-0.25, -0.2) is 4.98 Å². The highest BCUT2D eigenvalue weighted by molar-refractivity contribution is 5.49. The minimum absolute atomic E-state index is 0.0730. The van der Waals surface area contributed by atoms with Crippen LogP contribution in [0.2, 0.25) is 0 Å². The number of aromatic nitrogens is 1. The van der Waals surface area contributed by atoms with Crippen molar-refractivity contribution in [2.24, 2.45) is 0 Å². The van der Waals surface area contributed by atoms with Crippen molar-refractivity contribution in [2.75, 3.05) is 50.8 Å². The van der Waals surface area contributed by atoms with E-state index in [2.05, 4.69) is 9.88 Å². The van der Waals surface area contributed by atoms with Crippen LogP contribution in [0, 0.1) is 0 Å². The van der Waals surface area contributed by atoms with Crippen molar-refractivity contribution in [3.8, 4) is 0 Å². The molecule has 2 aliphatic heterocycles. The summed E-state index contributed by atoms with van der Waals surface area (Å²) in [5, 5.41) is 10.9. The van der Waals surface area contributed by atoms with Crippen molar-refractivity contribution in [1.82, 2.24) is 9.88 Å². The average molecular weight is 345 g/mol. The molecule has 1 aromatic rings. The Labute approximate surface area is 139 Å². The second-order valence-corrected chi connectivity index (χ2v) is 6.55. The van der Waals surface area contributed by atoms with Gasteiger partial charge in [0.15, 0.2) is 0 Å². The summed E-state index contributed by atoms with van der Waals surface area (Å²) in [6, 6.07) is 2.30. The summed E-state index contributed by atoms with van der Waals surface area (Å²) in [7, 11) is 0. The summed E-state index contributed by atoms with van der Waals surface area (Å²) in [6.07, 6.45) is -0.974. The molecule has 2 fully saturated rings. The predicted octanol–water partition coefficient (Wildman–Crippen LogP) is 1.76. The lowest BCUT2D eigenvalue weighted by Crippen LogP contribution is -2.52. The van der Waals surface area contributed by atoms with Gasteiger partial charge in [-0.05, 0) is 38.1 Å². The fourth-order valence-corrected chi connectivity index (χ4v) is 3.42. The van der Waals surface area contributed by atoms with Crippen molar-refractivity contribution in [3.63, 3.8) is 0 Å². The van der Waals surface area contributed by atoms with Crippen LogP contribution in [-0.2, 0) is 10.9 Å². The van der Waals surface area contributed by atoms with E-state index in [0.29, 0.717) is 6.54 Å². The van der Waals surface area contributed by atoms with Gasteiger partial charge in [-0.1, -0.05) is 0 Å². The molecule has 0 unspecified atom stereocenters. The van der Waals surface area contributed by atoms with E-state index in [1.54, 1.807) is 0 Å². The Kier molecular flexibility index (Phi) is 4.98. The second-order valence-electron chi connectivity index (χ2n) is 6.55. The third-order valence-electron chi connectivity index (χ3n) is 4.47. The van der Waals surface area contributed by atoms with Gasteiger partial charge >= 0.3 is 6.18 Å². The normalized spacial score (nSPS) is 26.6. The second kappa shape index (κ2) is 6.85. The molecule has 0 radical (unpaired) electrons. The molecule has 0 aromatic carbocycles. The summed E-state index contributed by atoms with van der Waals surface area (Å²) >= 11 is 0. The fourth-order valence-electron chi connectivity index (χ4n) is 3.42. The van der Waals surface area contributed by atoms with Crippen molar-refractivity contribution in [1.29, 1.82) is 0 Å². The van der Waals surface area contributed by atoms with Crippen molar-refractivity contribution in [3.05, 3.63) is 23.9 Å². The summed E-state index contributed by atoms with van der Waals surface area (Å²) in [5.74, 6) is -0.143. The highest BCUT2D eigenvalue weighted by atomic mass is 19.4. The topological polar surface area (TPSA) is 48.8 Å². The number of likely N-dealkylation sites (tertiary alicyclic amines) is 1. The maximum absolute atomic E-state index is 13.3. The summed E-state index contributed by atoms with van der Waals surface area (Å²) in [5.41, 5.74) is -1.99. The first-order valence-corrected chi connectivity index (χ1v) is 8.17.